The second-order valence-electron chi connectivity index (χ2n) is 7.25. The van der Waals surface area contributed by atoms with Crippen LogP contribution < -0.4 is 15.0 Å². The number of benzene rings is 1. The highest BCUT2D eigenvalue weighted by Crippen LogP contribution is 2.28. The van der Waals surface area contributed by atoms with E-state index in [1.54, 1.807) is 31.6 Å². The zero-order valence-corrected chi connectivity index (χ0v) is 17.9. The second-order valence-corrected chi connectivity index (χ2v) is 8.65. The fourth-order valence-electron chi connectivity index (χ4n) is 3.51. The van der Waals surface area contributed by atoms with Gasteiger partial charge < -0.3 is 15.0 Å². The average Bonchev–Trinajstić information content (AvgIpc) is 2.66. The molecule has 1 aliphatic rings. The molecule has 150 valence electrons. The molecule has 1 aromatic heterocycles. The Morgan fingerprint density at radius 2 is 2.04 bits per heavy atom. The molecule has 0 saturated carbocycles. The van der Waals surface area contributed by atoms with Gasteiger partial charge in [-0.25, -0.2) is 9.97 Å². The molecule has 8 heteroatoms. The van der Waals surface area contributed by atoms with Crippen LogP contribution >= 0.6 is 23.4 Å². The number of rotatable bonds is 6. The number of aromatic nitrogens is 2. The number of hydrogen-bond acceptors (Lipinski definition) is 6. The number of carbonyl (C=O) groups is 1. The third-order valence-electron chi connectivity index (χ3n) is 4.61. The lowest BCUT2D eigenvalue weighted by atomic mass is 9.92. The molecule has 2 aromatic rings. The number of hydrogen-bond donors (Lipinski definition) is 1. The highest BCUT2D eigenvalue weighted by molar-refractivity contribution is 7.99. The first-order valence-electron chi connectivity index (χ1n) is 9.27. The summed E-state index contributed by atoms with van der Waals surface area (Å²) in [6.45, 7) is 6.55. The Labute approximate surface area is 175 Å². The van der Waals surface area contributed by atoms with E-state index in [9.17, 15) is 4.79 Å². The number of anilines is 2. The minimum absolute atomic E-state index is 0.119. The Kier molecular flexibility index (Phi) is 7.02. The number of amides is 1. The summed E-state index contributed by atoms with van der Waals surface area (Å²) in [4.78, 5) is 23.3. The maximum absolute atomic E-state index is 12.3. The molecule has 0 bridgehead atoms. The van der Waals surface area contributed by atoms with E-state index in [0.29, 0.717) is 28.3 Å². The maximum Gasteiger partial charge on any atom is 0.234 e. The van der Waals surface area contributed by atoms with Gasteiger partial charge in [-0.1, -0.05) is 37.2 Å². The zero-order valence-electron chi connectivity index (χ0n) is 16.3. The lowest BCUT2D eigenvalue weighted by molar-refractivity contribution is -0.113. The molecule has 1 N–H and O–H groups in total. The van der Waals surface area contributed by atoms with Gasteiger partial charge in [0.1, 0.15) is 22.9 Å². The van der Waals surface area contributed by atoms with E-state index in [4.69, 9.17) is 16.3 Å². The van der Waals surface area contributed by atoms with Crippen molar-refractivity contribution in [3.8, 4) is 5.75 Å². The molecule has 1 saturated heterocycles. The summed E-state index contributed by atoms with van der Waals surface area (Å²) in [6.07, 6.45) is 2.82. The molecule has 1 aliphatic heterocycles. The van der Waals surface area contributed by atoms with Crippen molar-refractivity contribution in [1.82, 2.24) is 9.97 Å². The molecule has 1 amide bonds. The third-order valence-corrected chi connectivity index (χ3v) is 5.83. The van der Waals surface area contributed by atoms with Crippen molar-refractivity contribution in [3.63, 3.8) is 0 Å². The monoisotopic (exact) mass is 420 g/mol. The van der Waals surface area contributed by atoms with Gasteiger partial charge in [-0.05, 0) is 36.5 Å². The molecular formula is C20H25ClN4O2S. The Bertz CT molecular complexity index is 826. The van der Waals surface area contributed by atoms with Gasteiger partial charge in [0.15, 0.2) is 0 Å². The molecule has 3 rings (SSSR count). The van der Waals surface area contributed by atoms with Crippen molar-refractivity contribution in [3.05, 3.63) is 35.6 Å². The van der Waals surface area contributed by atoms with Crippen LogP contribution in [0, 0.1) is 11.8 Å². The van der Waals surface area contributed by atoms with Crippen LogP contribution in [0.2, 0.25) is 5.02 Å². The van der Waals surface area contributed by atoms with Gasteiger partial charge in [-0.15, -0.1) is 0 Å². The van der Waals surface area contributed by atoms with Gasteiger partial charge in [0.2, 0.25) is 5.91 Å². The van der Waals surface area contributed by atoms with Crippen molar-refractivity contribution >= 4 is 40.8 Å². The number of halogens is 1. The molecule has 1 fully saturated rings. The molecule has 0 spiro atoms. The van der Waals surface area contributed by atoms with Crippen molar-refractivity contribution in [2.45, 2.75) is 25.3 Å². The fourth-order valence-corrected chi connectivity index (χ4v) is 4.43. The van der Waals surface area contributed by atoms with E-state index in [2.05, 4.69) is 34.0 Å². The average molecular weight is 421 g/mol. The van der Waals surface area contributed by atoms with Crippen LogP contribution in [0.15, 0.2) is 35.6 Å². The van der Waals surface area contributed by atoms with Crippen molar-refractivity contribution in [2.24, 2.45) is 11.8 Å². The van der Waals surface area contributed by atoms with E-state index < -0.39 is 0 Å². The first kappa shape index (κ1) is 20.7. The van der Waals surface area contributed by atoms with E-state index in [0.717, 1.165) is 23.9 Å². The Morgan fingerprint density at radius 3 is 2.71 bits per heavy atom. The summed E-state index contributed by atoms with van der Waals surface area (Å²) in [5.41, 5.74) is 0.635. The number of nitrogens with one attached hydrogen (secondary N) is 1. The first-order chi connectivity index (χ1) is 13.4. The first-order valence-corrected chi connectivity index (χ1v) is 10.6. The summed E-state index contributed by atoms with van der Waals surface area (Å²) in [6, 6.07) is 7.12. The molecule has 0 radical (unpaired) electrons. The number of methoxy groups -OCH3 is 1. The minimum atomic E-state index is -0.119. The summed E-state index contributed by atoms with van der Waals surface area (Å²) in [5, 5.41) is 4.09. The predicted molar refractivity (Wildman–Crippen MR) is 115 cm³/mol. The van der Waals surface area contributed by atoms with Crippen LogP contribution in [0.3, 0.4) is 0 Å². The van der Waals surface area contributed by atoms with E-state index in [1.165, 1.54) is 18.2 Å². The Balaban J connectivity index is 1.57. The van der Waals surface area contributed by atoms with E-state index in [1.807, 2.05) is 6.07 Å². The van der Waals surface area contributed by atoms with Gasteiger partial charge in [0, 0.05) is 24.8 Å². The number of thioether (sulfide) groups is 1. The molecule has 0 unspecified atom stereocenters. The normalized spacial score (nSPS) is 19.4. The largest absolute Gasteiger partial charge is 0.495 e. The van der Waals surface area contributed by atoms with Crippen LogP contribution in [0.4, 0.5) is 11.5 Å². The molecule has 28 heavy (non-hydrogen) atoms. The van der Waals surface area contributed by atoms with Crippen LogP contribution in [0.5, 0.6) is 5.75 Å². The van der Waals surface area contributed by atoms with Gasteiger partial charge in [0.05, 0.1) is 17.9 Å². The Morgan fingerprint density at radius 1 is 1.29 bits per heavy atom. The standard InChI is InChI=1S/C20H25ClN4O2S/c1-13-6-14(2)10-25(9-13)18-8-20(23-12-22-18)28-11-19(26)24-15-4-5-17(27-3)16(21)7-15/h4-5,7-8,12-14H,6,9-11H2,1-3H3,(H,24,26)/t13-,14-/m0/s1. The lowest BCUT2D eigenvalue weighted by Gasteiger charge is -2.35. The van der Waals surface area contributed by atoms with E-state index >= 15 is 0 Å². The number of carbonyl (C=O) groups excluding carboxylic acids is 1. The molecular weight excluding hydrogens is 396 g/mol. The number of piperidine rings is 1. The smallest absolute Gasteiger partial charge is 0.234 e. The summed E-state index contributed by atoms with van der Waals surface area (Å²) in [5.74, 6) is 2.94. The highest BCUT2D eigenvalue weighted by atomic mass is 35.5. The molecule has 0 aliphatic carbocycles. The Hall–Kier alpha value is -1.99. The van der Waals surface area contributed by atoms with Crippen LogP contribution in [-0.2, 0) is 4.79 Å². The quantitative estimate of drug-likeness (QED) is 0.553. The van der Waals surface area contributed by atoms with Crippen LogP contribution in [0.25, 0.3) is 0 Å². The number of ether oxygens (including phenoxy) is 1. The van der Waals surface area contributed by atoms with Gasteiger partial charge in [0.25, 0.3) is 0 Å². The van der Waals surface area contributed by atoms with Crippen molar-refractivity contribution in [1.29, 1.82) is 0 Å². The molecule has 6 nitrogen and oxygen atoms in total. The number of nitrogens with zero attached hydrogens (tertiary/aromatic N) is 3. The second kappa shape index (κ2) is 9.47. The summed E-state index contributed by atoms with van der Waals surface area (Å²) < 4.78 is 5.12. The van der Waals surface area contributed by atoms with Gasteiger partial charge >= 0.3 is 0 Å². The zero-order chi connectivity index (χ0) is 20.1. The van der Waals surface area contributed by atoms with Crippen molar-refractivity contribution < 1.29 is 9.53 Å². The fraction of sp³-hybridized carbons (Fsp3) is 0.450. The minimum Gasteiger partial charge on any atom is -0.495 e. The topological polar surface area (TPSA) is 67.3 Å². The van der Waals surface area contributed by atoms with Crippen molar-refractivity contribution in [2.75, 3.05) is 36.2 Å². The van der Waals surface area contributed by atoms with E-state index in [-0.39, 0.29) is 11.7 Å². The maximum atomic E-state index is 12.3. The molecule has 2 heterocycles. The summed E-state index contributed by atoms with van der Waals surface area (Å²) >= 11 is 7.49. The van der Waals surface area contributed by atoms with Crippen LogP contribution in [0.1, 0.15) is 20.3 Å². The predicted octanol–water partition coefficient (Wildman–Crippen LogP) is 4.35. The van der Waals surface area contributed by atoms with Crippen LogP contribution in [-0.4, -0.2) is 41.8 Å². The third kappa shape index (κ3) is 5.52. The molecule has 2 atom stereocenters. The SMILES string of the molecule is COc1ccc(NC(=O)CSc2cc(N3C[C@@H](C)C[C@H](C)C3)ncn2)cc1Cl. The van der Waals surface area contributed by atoms with Gasteiger partial charge in [-0.2, -0.15) is 0 Å². The lowest BCUT2D eigenvalue weighted by Crippen LogP contribution is -2.39. The highest BCUT2D eigenvalue weighted by Gasteiger charge is 2.23. The molecule has 1 aromatic carbocycles. The van der Waals surface area contributed by atoms with Gasteiger partial charge in [-0.3, -0.25) is 4.79 Å². The summed E-state index contributed by atoms with van der Waals surface area (Å²) in [7, 11) is 1.55.